The first-order valence-corrected chi connectivity index (χ1v) is 10.4. The lowest BCUT2D eigenvalue weighted by atomic mass is 9.81. The molecule has 2 aromatic rings. The van der Waals surface area contributed by atoms with Crippen molar-refractivity contribution in [1.29, 1.82) is 0 Å². The van der Waals surface area contributed by atoms with Crippen LogP contribution in [0.15, 0.2) is 41.2 Å². The summed E-state index contributed by atoms with van der Waals surface area (Å²) in [5, 5.41) is 0. The molecule has 2 aliphatic heterocycles. The predicted octanol–water partition coefficient (Wildman–Crippen LogP) is 2.42. The third-order valence-corrected chi connectivity index (χ3v) is 7.02. The fourth-order valence-corrected chi connectivity index (χ4v) is 5.57. The van der Waals surface area contributed by atoms with Gasteiger partial charge in [-0.2, -0.15) is 0 Å². The van der Waals surface area contributed by atoms with Gasteiger partial charge in [-0.05, 0) is 49.9 Å². The maximum Gasteiger partial charge on any atom is 0.261 e. The Kier molecular flexibility index (Phi) is 4.35. The molecule has 146 valence electrons. The second-order valence-electron chi connectivity index (χ2n) is 8.60. The Labute approximate surface area is 165 Å². The molecule has 0 bridgehead atoms. The van der Waals surface area contributed by atoms with E-state index in [1.165, 1.54) is 5.56 Å². The zero-order valence-electron chi connectivity index (χ0n) is 16.4. The molecule has 5 rings (SSSR count). The van der Waals surface area contributed by atoms with Crippen molar-refractivity contribution in [3.8, 4) is 0 Å². The number of aromatic nitrogens is 1. The number of H-pyrrole nitrogens is 1. The van der Waals surface area contributed by atoms with Crippen molar-refractivity contribution in [2.75, 3.05) is 26.7 Å². The van der Waals surface area contributed by atoms with E-state index in [0.717, 1.165) is 56.6 Å². The number of likely N-dealkylation sites (N-methyl/N-ethyl adjacent to an activating group) is 1. The second kappa shape index (κ2) is 6.89. The van der Waals surface area contributed by atoms with Gasteiger partial charge in [0.1, 0.15) is 5.56 Å². The highest BCUT2D eigenvalue weighted by atomic mass is 16.2. The van der Waals surface area contributed by atoms with Gasteiger partial charge < -0.3 is 14.8 Å². The minimum absolute atomic E-state index is 0.101. The number of piperidine rings is 1. The number of hydrogen-bond acceptors (Lipinski definition) is 3. The Morgan fingerprint density at radius 1 is 1.14 bits per heavy atom. The summed E-state index contributed by atoms with van der Waals surface area (Å²) in [6.07, 6.45) is 3.90. The van der Waals surface area contributed by atoms with E-state index in [0.29, 0.717) is 23.4 Å². The standard InChI is InChI=1S/C23H27N3O2/c1-25-13-18(15-6-3-2-4-7-15)19-14-26(11-10-21(19)25)23(28)17-12-16-8-5-9-20(16)24-22(17)27/h2-4,6-7,12,18-19,21H,5,8-11,13-14H2,1H3,(H,24,27)/t18-,19-,21-/m1/s1. The molecule has 2 saturated heterocycles. The van der Waals surface area contributed by atoms with Gasteiger partial charge in [0.15, 0.2) is 0 Å². The maximum absolute atomic E-state index is 13.2. The number of aromatic amines is 1. The van der Waals surface area contributed by atoms with E-state index in [1.54, 1.807) is 0 Å². The molecule has 3 aliphatic rings. The Morgan fingerprint density at radius 3 is 2.79 bits per heavy atom. The molecule has 1 aromatic heterocycles. The smallest absolute Gasteiger partial charge is 0.261 e. The largest absolute Gasteiger partial charge is 0.338 e. The second-order valence-corrected chi connectivity index (χ2v) is 8.60. The minimum atomic E-state index is -0.226. The highest BCUT2D eigenvalue weighted by molar-refractivity contribution is 5.94. The molecule has 0 radical (unpaired) electrons. The number of likely N-dealkylation sites (tertiary alicyclic amines) is 2. The molecule has 5 nitrogen and oxygen atoms in total. The summed E-state index contributed by atoms with van der Waals surface area (Å²) in [6.45, 7) is 2.48. The first kappa shape index (κ1) is 17.7. The van der Waals surface area contributed by atoms with Crippen LogP contribution in [0.4, 0.5) is 0 Å². The average Bonchev–Trinajstić information content (AvgIpc) is 3.31. The van der Waals surface area contributed by atoms with Crippen molar-refractivity contribution in [2.24, 2.45) is 5.92 Å². The number of rotatable bonds is 2. The highest BCUT2D eigenvalue weighted by Crippen LogP contribution is 2.40. The van der Waals surface area contributed by atoms with Crippen molar-refractivity contribution in [3.05, 3.63) is 69.1 Å². The van der Waals surface area contributed by atoms with Crippen LogP contribution < -0.4 is 5.56 Å². The first-order chi connectivity index (χ1) is 13.6. The summed E-state index contributed by atoms with van der Waals surface area (Å²) in [5.41, 5.74) is 3.60. The van der Waals surface area contributed by atoms with Crippen molar-refractivity contribution >= 4 is 5.91 Å². The molecular weight excluding hydrogens is 350 g/mol. The van der Waals surface area contributed by atoms with Crippen LogP contribution in [0.5, 0.6) is 0 Å². The van der Waals surface area contributed by atoms with Crippen LogP contribution in [-0.2, 0) is 12.8 Å². The number of aryl methyl sites for hydroxylation is 2. The number of carbonyl (C=O) groups is 1. The number of hydrogen-bond donors (Lipinski definition) is 1. The summed E-state index contributed by atoms with van der Waals surface area (Å²) >= 11 is 0. The van der Waals surface area contributed by atoms with Gasteiger partial charge in [0, 0.05) is 43.2 Å². The van der Waals surface area contributed by atoms with Crippen LogP contribution in [0.25, 0.3) is 0 Å². The number of pyridine rings is 1. The molecule has 1 aromatic carbocycles. The van der Waals surface area contributed by atoms with Crippen LogP contribution in [0.2, 0.25) is 0 Å². The third kappa shape index (κ3) is 2.89. The molecular formula is C23H27N3O2. The number of nitrogens with one attached hydrogen (secondary N) is 1. The molecule has 1 aliphatic carbocycles. The lowest BCUT2D eigenvalue weighted by Gasteiger charge is -2.38. The third-order valence-electron chi connectivity index (χ3n) is 7.02. The lowest BCUT2D eigenvalue weighted by Crippen LogP contribution is -2.48. The molecule has 1 amide bonds. The number of fused-ring (bicyclic) bond motifs is 2. The van der Waals surface area contributed by atoms with Gasteiger partial charge in [0.05, 0.1) is 0 Å². The Balaban J connectivity index is 1.41. The number of carbonyl (C=O) groups excluding carboxylic acids is 1. The van der Waals surface area contributed by atoms with Crippen molar-refractivity contribution in [2.45, 2.75) is 37.6 Å². The maximum atomic E-state index is 13.2. The van der Waals surface area contributed by atoms with Gasteiger partial charge in [0.25, 0.3) is 11.5 Å². The summed E-state index contributed by atoms with van der Waals surface area (Å²) in [5.74, 6) is 0.750. The van der Waals surface area contributed by atoms with Gasteiger partial charge in [-0.15, -0.1) is 0 Å². The van der Waals surface area contributed by atoms with Crippen molar-refractivity contribution in [1.82, 2.24) is 14.8 Å². The van der Waals surface area contributed by atoms with Crippen LogP contribution in [0.1, 0.15) is 45.9 Å². The molecule has 0 unspecified atom stereocenters. The van der Waals surface area contributed by atoms with Crippen LogP contribution >= 0.6 is 0 Å². The zero-order valence-corrected chi connectivity index (χ0v) is 16.4. The highest BCUT2D eigenvalue weighted by Gasteiger charge is 2.44. The predicted molar refractivity (Wildman–Crippen MR) is 109 cm³/mol. The van der Waals surface area contributed by atoms with E-state index < -0.39 is 0 Å². The number of amides is 1. The molecule has 3 heterocycles. The summed E-state index contributed by atoms with van der Waals surface area (Å²) in [4.78, 5) is 33.1. The monoisotopic (exact) mass is 377 g/mol. The number of benzene rings is 1. The quantitative estimate of drug-likeness (QED) is 0.875. The fourth-order valence-electron chi connectivity index (χ4n) is 5.57. The summed E-state index contributed by atoms with van der Waals surface area (Å²) < 4.78 is 0. The zero-order chi connectivity index (χ0) is 19.3. The molecule has 3 atom stereocenters. The van der Waals surface area contributed by atoms with E-state index in [2.05, 4.69) is 47.3 Å². The van der Waals surface area contributed by atoms with Gasteiger partial charge >= 0.3 is 0 Å². The lowest BCUT2D eigenvalue weighted by molar-refractivity contribution is 0.0606. The van der Waals surface area contributed by atoms with E-state index in [1.807, 2.05) is 11.0 Å². The topological polar surface area (TPSA) is 56.4 Å². The minimum Gasteiger partial charge on any atom is -0.338 e. The molecule has 0 saturated carbocycles. The SMILES string of the molecule is CN1C[C@H](c2ccccc2)[C@H]2CN(C(=O)c3cc4c([nH]c3=O)CCC4)CC[C@H]21. The Bertz CT molecular complexity index is 952. The summed E-state index contributed by atoms with van der Waals surface area (Å²) in [6, 6.07) is 13.0. The van der Waals surface area contributed by atoms with Crippen LogP contribution in [0, 0.1) is 5.92 Å². The van der Waals surface area contributed by atoms with Gasteiger partial charge in [-0.25, -0.2) is 0 Å². The summed E-state index contributed by atoms with van der Waals surface area (Å²) in [7, 11) is 2.20. The van der Waals surface area contributed by atoms with Crippen molar-refractivity contribution < 1.29 is 4.79 Å². The molecule has 2 fully saturated rings. The molecule has 5 heteroatoms. The van der Waals surface area contributed by atoms with E-state index in [-0.39, 0.29) is 11.5 Å². The van der Waals surface area contributed by atoms with Crippen LogP contribution in [0.3, 0.4) is 0 Å². The molecule has 28 heavy (non-hydrogen) atoms. The normalized spacial score (nSPS) is 26.9. The fraction of sp³-hybridized carbons (Fsp3) is 0.478. The van der Waals surface area contributed by atoms with Crippen LogP contribution in [-0.4, -0.2) is 53.4 Å². The van der Waals surface area contributed by atoms with Gasteiger partial charge in [-0.3, -0.25) is 9.59 Å². The van der Waals surface area contributed by atoms with E-state index >= 15 is 0 Å². The molecule has 0 spiro atoms. The first-order valence-electron chi connectivity index (χ1n) is 10.4. The van der Waals surface area contributed by atoms with Gasteiger partial charge in [0.2, 0.25) is 0 Å². The van der Waals surface area contributed by atoms with E-state index in [4.69, 9.17) is 0 Å². The Morgan fingerprint density at radius 2 is 1.96 bits per heavy atom. The van der Waals surface area contributed by atoms with Crippen molar-refractivity contribution in [3.63, 3.8) is 0 Å². The van der Waals surface area contributed by atoms with E-state index in [9.17, 15) is 9.59 Å². The molecule has 1 N–H and O–H groups in total. The average molecular weight is 377 g/mol. The van der Waals surface area contributed by atoms with Gasteiger partial charge in [-0.1, -0.05) is 30.3 Å². The number of nitrogens with zero attached hydrogens (tertiary/aromatic N) is 2. The Hall–Kier alpha value is -2.40.